The van der Waals surface area contributed by atoms with Gasteiger partial charge in [-0.1, -0.05) is 18.1 Å². The molecule has 0 unspecified atom stereocenters. The minimum absolute atomic E-state index is 0.0858. The van der Waals surface area contributed by atoms with E-state index in [4.69, 9.17) is 9.15 Å². The van der Waals surface area contributed by atoms with E-state index < -0.39 is 10.0 Å². The van der Waals surface area contributed by atoms with Crippen molar-refractivity contribution < 1.29 is 22.4 Å². The molecule has 2 heterocycles. The van der Waals surface area contributed by atoms with Gasteiger partial charge in [-0.05, 0) is 51.7 Å². The maximum absolute atomic E-state index is 13.0. The van der Waals surface area contributed by atoms with Gasteiger partial charge in [-0.15, -0.1) is 16.4 Å². The fourth-order valence-electron chi connectivity index (χ4n) is 4.15. The molecule has 0 bridgehead atoms. The Morgan fingerprint density at radius 2 is 2.03 bits per heavy atom. The maximum atomic E-state index is 13.0. The summed E-state index contributed by atoms with van der Waals surface area (Å²) in [5.41, 5.74) is 1.08. The zero-order chi connectivity index (χ0) is 25.7. The summed E-state index contributed by atoms with van der Waals surface area (Å²) in [6.45, 7) is 5.64. The molecule has 0 spiro atoms. The molecular weight excluding hydrogens is 504 g/mol. The number of hydrogen-bond acceptors (Lipinski definition) is 10. The van der Waals surface area contributed by atoms with Crippen LogP contribution in [0.25, 0.3) is 10.4 Å². The Bertz CT molecular complexity index is 1270. The molecule has 1 aliphatic rings. The molecule has 11 nitrogen and oxygen atoms in total. The van der Waals surface area contributed by atoms with Crippen LogP contribution in [0.4, 0.5) is 16.5 Å². The number of aromatic nitrogens is 3. The second kappa shape index (κ2) is 11.4. The number of rotatable bonds is 9. The molecule has 0 aliphatic heterocycles. The lowest BCUT2D eigenvalue weighted by atomic mass is 9.86. The Morgan fingerprint density at radius 1 is 1.25 bits per heavy atom. The van der Waals surface area contributed by atoms with Gasteiger partial charge in [0.15, 0.2) is 0 Å². The van der Waals surface area contributed by atoms with E-state index in [-0.39, 0.29) is 41.6 Å². The van der Waals surface area contributed by atoms with Crippen LogP contribution in [0.3, 0.4) is 0 Å². The Labute approximate surface area is 214 Å². The predicted molar refractivity (Wildman–Crippen MR) is 136 cm³/mol. The largest absolute Gasteiger partial charge is 0.447 e. The van der Waals surface area contributed by atoms with Gasteiger partial charge in [0.25, 0.3) is 0 Å². The van der Waals surface area contributed by atoms with Gasteiger partial charge >= 0.3 is 12.1 Å². The summed E-state index contributed by atoms with van der Waals surface area (Å²) in [6.07, 6.45) is 5.83. The highest BCUT2D eigenvalue weighted by molar-refractivity contribution is 7.89. The third kappa shape index (κ3) is 6.39. The topological polar surface area (TPSA) is 148 Å². The highest BCUT2D eigenvalue weighted by Crippen LogP contribution is 2.40. The third-order valence-electron chi connectivity index (χ3n) is 5.75. The lowest BCUT2D eigenvalue weighted by Gasteiger charge is -2.28. The summed E-state index contributed by atoms with van der Waals surface area (Å²) in [6, 6.07) is 5.31. The lowest BCUT2D eigenvalue weighted by Crippen LogP contribution is -2.38. The predicted octanol–water partition coefficient (Wildman–Crippen LogP) is 4.40. The van der Waals surface area contributed by atoms with Crippen LogP contribution >= 0.6 is 11.3 Å². The number of sulfonamides is 1. The van der Waals surface area contributed by atoms with Crippen molar-refractivity contribution in [3.05, 3.63) is 35.8 Å². The molecule has 0 radical (unpaired) electrons. The molecule has 0 saturated heterocycles. The van der Waals surface area contributed by atoms with Gasteiger partial charge in [-0.3, -0.25) is 0 Å². The maximum Gasteiger partial charge on any atom is 0.407 e. The standard InChI is InChI=1S/C23H30N6O5S2/c1-4-26-36(31,32)20-11-17(27-22-29-25-13-33-22)9-10-18(20)19-12-24-21(35-19)15-5-7-16(8-6-15)28-23(30)34-14(2)3/h9-16,26H,4-8H2,1-3H3,(H,27,29)(H,28,30)/t15-,16-. The van der Waals surface area contributed by atoms with Gasteiger partial charge in [-0.2, -0.15) is 0 Å². The first-order chi connectivity index (χ1) is 17.2. The third-order valence-corrected chi connectivity index (χ3v) is 8.53. The molecule has 3 aromatic rings. The minimum atomic E-state index is -3.76. The smallest absolute Gasteiger partial charge is 0.407 e. The van der Waals surface area contributed by atoms with Crippen molar-refractivity contribution in [2.75, 3.05) is 11.9 Å². The summed E-state index contributed by atoms with van der Waals surface area (Å²) in [5, 5.41) is 14.2. The van der Waals surface area contributed by atoms with E-state index in [0.29, 0.717) is 11.3 Å². The van der Waals surface area contributed by atoms with Crippen molar-refractivity contribution in [2.45, 2.75) is 69.4 Å². The van der Waals surface area contributed by atoms with Gasteiger partial charge in [-0.25, -0.2) is 22.9 Å². The van der Waals surface area contributed by atoms with Crippen LogP contribution < -0.4 is 15.4 Å². The van der Waals surface area contributed by atoms with E-state index in [1.165, 1.54) is 17.7 Å². The number of amides is 1. The van der Waals surface area contributed by atoms with Gasteiger partial charge in [0, 0.05) is 36.0 Å². The molecule has 3 N–H and O–H groups in total. The average molecular weight is 535 g/mol. The number of carbonyl (C=O) groups excluding carboxylic acids is 1. The Hall–Kier alpha value is -3.03. The van der Waals surface area contributed by atoms with Crippen LogP contribution in [0.2, 0.25) is 0 Å². The first-order valence-corrected chi connectivity index (χ1v) is 14.1. The quantitative estimate of drug-likeness (QED) is 0.363. The van der Waals surface area contributed by atoms with Crippen molar-refractivity contribution >= 4 is 39.2 Å². The van der Waals surface area contributed by atoms with Gasteiger partial charge in [0.05, 0.1) is 20.9 Å². The summed E-state index contributed by atoms with van der Waals surface area (Å²) in [4.78, 5) is 17.4. The van der Waals surface area contributed by atoms with Crippen molar-refractivity contribution in [2.24, 2.45) is 0 Å². The Kier molecular flexibility index (Phi) is 8.21. The molecule has 13 heteroatoms. The molecule has 36 heavy (non-hydrogen) atoms. The summed E-state index contributed by atoms with van der Waals surface area (Å²) in [5.74, 6) is 0.259. The van der Waals surface area contributed by atoms with Crippen molar-refractivity contribution in [1.82, 2.24) is 25.2 Å². The van der Waals surface area contributed by atoms with E-state index >= 15 is 0 Å². The number of anilines is 2. The number of benzene rings is 1. The van der Waals surface area contributed by atoms with E-state index in [1.807, 2.05) is 13.8 Å². The fraction of sp³-hybridized carbons (Fsp3) is 0.478. The van der Waals surface area contributed by atoms with Crippen LogP contribution in [-0.4, -0.2) is 48.4 Å². The molecule has 2 aromatic heterocycles. The summed E-state index contributed by atoms with van der Waals surface area (Å²) < 4.78 is 38.9. The van der Waals surface area contributed by atoms with Crippen LogP contribution in [0.1, 0.15) is 57.4 Å². The molecular formula is C23H30N6O5S2. The number of thiazole rings is 1. The Morgan fingerprint density at radius 3 is 2.69 bits per heavy atom. The number of alkyl carbamates (subject to hydrolysis) is 1. The van der Waals surface area contributed by atoms with Crippen molar-refractivity contribution in [3.8, 4) is 10.4 Å². The molecule has 1 aliphatic carbocycles. The molecule has 4 rings (SSSR count). The van der Waals surface area contributed by atoms with Crippen LogP contribution in [0, 0.1) is 0 Å². The van der Waals surface area contributed by atoms with E-state index in [9.17, 15) is 13.2 Å². The zero-order valence-electron chi connectivity index (χ0n) is 20.4. The minimum Gasteiger partial charge on any atom is -0.447 e. The average Bonchev–Trinajstić information content (AvgIpc) is 3.51. The fourth-order valence-corrected chi connectivity index (χ4v) is 6.62. The van der Waals surface area contributed by atoms with Crippen LogP contribution in [0.15, 0.2) is 40.1 Å². The number of carbonyl (C=O) groups is 1. The highest BCUT2D eigenvalue weighted by Gasteiger charge is 2.27. The SMILES string of the molecule is CCNS(=O)(=O)c1cc(Nc2nnco2)ccc1-c1cnc([C@H]2CC[C@H](NC(=O)OC(C)C)CC2)s1. The molecule has 1 saturated carbocycles. The second-order valence-electron chi connectivity index (χ2n) is 8.79. The molecule has 1 amide bonds. The second-order valence-corrected chi connectivity index (χ2v) is 11.6. The number of ether oxygens (including phenoxy) is 1. The van der Waals surface area contributed by atoms with Gasteiger partial charge in [0.1, 0.15) is 0 Å². The Balaban J connectivity index is 1.51. The number of nitrogens with one attached hydrogen (secondary N) is 3. The van der Waals surface area contributed by atoms with Crippen molar-refractivity contribution in [3.63, 3.8) is 0 Å². The first kappa shape index (κ1) is 26.0. The van der Waals surface area contributed by atoms with Gasteiger partial charge in [0.2, 0.25) is 16.4 Å². The van der Waals surface area contributed by atoms with E-state index in [1.54, 1.807) is 31.3 Å². The zero-order valence-corrected chi connectivity index (χ0v) is 22.0. The molecule has 1 aromatic carbocycles. The number of hydrogen-bond donors (Lipinski definition) is 3. The summed E-state index contributed by atoms with van der Waals surface area (Å²) >= 11 is 1.50. The van der Waals surface area contributed by atoms with E-state index in [2.05, 4.69) is 30.5 Å². The number of nitrogens with zero attached hydrogens (tertiary/aromatic N) is 3. The van der Waals surface area contributed by atoms with E-state index in [0.717, 1.165) is 35.6 Å². The molecule has 0 atom stereocenters. The lowest BCUT2D eigenvalue weighted by molar-refractivity contribution is 0.109. The van der Waals surface area contributed by atoms with Gasteiger partial charge < -0.3 is 19.8 Å². The van der Waals surface area contributed by atoms with Crippen LogP contribution in [0.5, 0.6) is 0 Å². The summed E-state index contributed by atoms with van der Waals surface area (Å²) in [7, 11) is -3.76. The van der Waals surface area contributed by atoms with Crippen molar-refractivity contribution in [1.29, 1.82) is 0 Å². The normalized spacial score (nSPS) is 18.2. The molecule has 194 valence electrons. The molecule has 1 fully saturated rings. The van der Waals surface area contributed by atoms with Crippen LogP contribution in [-0.2, 0) is 14.8 Å². The highest BCUT2D eigenvalue weighted by atomic mass is 32.2. The first-order valence-electron chi connectivity index (χ1n) is 11.8. The monoisotopic (exact) mass is 534 g/mol.